The van der Waals surface area contributed by atoms with Gasteiger partial charge in [0.2, 0.25) is 0 Å². The van der Waals surface area contributed by atoms with Crippen molar-refractivity contribution in [1.29, 1.82) is 0 Å². The molecule has 1 aliphatic rings. The average Bonchev–Trinajstić information content (AvgIpc) is 2.52. The van der Waals surface area contributed by atoms with Gasteiger partial charge in [0.15, 0.2) is 6.61 Å². The first-order valence-corrected chi connectivity index (χ1v) is 8.56. The lowest BCUT2D eigenvalue weighted by Crippen LogP contribution is -2.28. The highest BCUT2D eigenvalue weighted by Gasteiger charge is 2.16. The second-order valence-corrected chi connectivity index (χ2v) is 6.77. The van der Waals surface area contributed by atoms with Crippen molar-refractivity contribution in [3.8, 4) is 5.75 Å². The van der Waals surface area contributed by atoms with Crippen LogP contribution in [0.4, 0.5) is 0 Å². The Hall–Kier alpha value is -1.84. The first-order chi connectivity index (χ1) is 11.0. The number of benzene rings is 1. The van der Waals surface area contributed by atoms with Crippen LogP contribution < -0.4 is 10.2 Å². The van der Waals surface area contributed by atoms with Gasteiger partial charge in [-0.25, -0.2) is 5.43 Å². The molecule has 1 unspecified atom stereocenters. The van der Waals surface area contributed by atoms with Crippen LogP contribution in [0.15, 0.2) is 23.3 Å². The smallest absolute Gasteiger partial charge is 0.277 e. The molecule has 1 saturated carbocycles. The lowest BCUT2D eigenvalue weighted by molar-refractivity contribution is -0.123. The molecule has 1 atom stereocenters. The first-order valence-electron chi connectivity index (χ1n) is 8.56. The van der Waals surface area contributed by atoms with E-state index in [0.29, 0.717) is 11.8 Å². The lowest BCUT2D eigenvalue weighted by atomic mass is 9.89. The quantitative estimate of drug-likeness (QED) is 0.829. The maximum Gasteiger partial charge on any atom is 0.277 e. The maximum atomic E-state index is 12.0. The molecule has 1 aliphatic carbocycles. The topological polar surface area (TPSA) is 50.7 Å². The van der Waals surface area contributed by atoms with Crippen molar-refractivity contribution in [3.63, 3.8) is 0 Å². The summed E-state index contributed by atoms with van der Waals surface area (Å²) in [5.41, 5.74) is 6.06. The zero-order valence-corrected chi connectivity index (χ0v) is 14.7. The summed E-state index contributed by atoms with van der Waals surface area (Å²) in [5.74, 6) is 1.40. The summed E-state index contributed by atoms with van der Waals surface area (Å²) in [6.07, 6.45) is 4.56. The number of hydrogen-bond donors (Lipinski definition) is 1. The van der Waals surface area contributed by atoms with E-state index in [1.54, 1.807) is 0 Å². The van der Waals surface area contributed by atoms with Crippen molar-refractivity contribution in [1.82, 2.24) is 5.43 Å². The molecule has 23 heavy (non-hydrogen) atoms. The standard InChI is InChI=1S/C19H28N2O2/c1-13(2)16-11-14(3)9-10-18(16)23-12-19(22)21-20-17-8-6-5-7-15(17)4/h9-11,13,15H,5-8,12H2,1-4H3,(H,21,22). The van der Waals surface area contributed by atoms with Gasteiger partial charge in [0.1, 0.15) is 5.75 Å². The zero-order chi connectivity index (χ0) is 16.8. The van der Waals surface area contributed by atoms with Gasteiger partial charge < -0.3 is 4.74 Å². The highest BCUT2D eigenvalue weighted by molar-refractivity contribution is 5.88. The molecule has 2 rings (SSSR count). The first kappa shape index (κ1) is 17.5. The summed E-state index contributed by atoms with van der Waals surface area (Å²) in [5, 5.41) is 4.29. The number of nitrogens with one attached hydrogen (secondary N) is 1. The molecule has 0 heterocycles. The number of amides is 1. The van der Waals surface area contributed by atoms with Gasteiger partial charge >= 0.3 is 0 Å². The molecule has 1 N–H and O–H groups in total. The number of carbonyl (C=O) groups is 1. The summed E-state index contributed by atoms with van der Waals surface area (Å²) >= 11 is 0. The van der Waals surface area contributed by atoms with E-state index in [0.717, 1.165) is 36.3 Å². The molecular weight excluding hydrogens is 288 g/mol. The van der Waals surface area contributed by atoms with E-state index in [2.05, 4.69) is 44.3 Å². The van der Waals surface area contributed by atoms with Gasteiger partial charge in [-0.05, 0) is 49.7 Å². The SMILES string of the molecule is Cc1ccc(OCC(=O)NN=C2CCCCC2C)c(C(C)C)c1. The van der Waals surface area contributed by atoms with Crippen LogP contribution in [0.5, 0.6) is 5.75 Å². The Morgan fingerprint density at radius 1 is 1.39 bits per heavy atom. The number of nitrogens with zero attached hydrogens (tertiary/aromatic N) is 1. The molecule has 0 spiro atoms. The molecule has 1 fully saturated rings. The Morgan fingerprint density at radius 3 is 2.87 bits per heavy atom. The van der Waals surface area contributed by atoms with Crippen molar-refractivity contribution < 1.29 is 9.53 Å². The molecule has 0 aromatic heterocycles. The summed E-state index contributed by atoms with van der Waals surface area (Å²) < 4.78 is 5.70. The third kappa shape index (κ3) is 5.08. The number of hydrazone groups is 1. The summed E-state index contributed by atoms with van der Waals surface area (Å²) in [6.45, 7) is 8.47. The third-order valence-corrected chi connectivity index (χ3v) is 4.36. The molecule has 0 bridgehead atoms. The highest BCUT2D eigenvalue weighted by Crippen LogP contribution is 2.27. The van der Waals surface area contributed by atoms with E-state index in [1.165, 1.54) is 12.0 Å². The van der Waals surface area contributed by atoms with E-state index in [9.17, 15) is 4.79 Å². The summed E-state index contributed by atoms with van der Waals surface area (Å²) in [7, 11) is 0. The minimum absolute atomic E-state index is 0.00601. The molecule has 1 aromatic carbocycles. The van der Waals surface area contributed by atoms with E-state index in [-0.39, 0.29) is 12.5 Å². The molecule has 4 heteroatoms. The van der Waals surface area contributed by atoms with Crippen LogP contribution in [-0.4, -0.2) is 18.2 Å². The van der Waals surface area contributed by atoms with E-state index in [4.69, 9.17) is 4.74 Å². The Morgan fingerprint density at radius 2 is 2.17 bits per heavy atom. The zero-order valence-electron chi connectivity index (χ0n) is 14.7. The van der Waals surface area contributed by atoms with Crippen LogP contribution >= 0.6 is 0 Å². The number of ether oxygens (including phenoxy) is 1. The predicted molar refractivity (Wildman–Crippen MR) is 94.0 cm³/mol. The van der Waals surface area contributed by atoms with Crippen LogP contribution in [0.2, 0.25) is 0 Å². The summed E-state index contributed by atoms with van der Waals surface area (Å²) in [4.78, 5) is 12.0. The van der Waals surface area contributed by atoms with Crippen LogP contribution in [0.25, 0.3) is 0 Å². The van der Waals surface area contributed by atoms with Gasteiger partial charge in [-0.3, -0.25) is 4.79 Å². The minimum atomic E-state index is -0.203. The second kappa shape index (κ2) is 8.14. The predicted octanol–water partition coefficient (Wildman–Crippen LogP) is 4.18. The molecule has 4 nitrogen and oxygen atoms in total. The Bertz CT molecular complexity index is 579. The van der Waals surface area contributed by atoms with Crippen LogP contribution in [0.3, 0.4) is 0 Å². The lowest BCUT2D eigenvalue weighted by Gasteiger charge is -2.20. The maximum absolute atomic E-state index is 12.0. The van der Waals surface area contributed by atoms with Gasteiger partial charge in [-0.1, -0.05) is 44.9 Å². The van der Waals surface area contributed by atoms with Crippen molar-refractivity contribution in [2.45, 2.75) is 59.3 Å². The van der Waals surface area contributed by atoms with Crippen molar-refractivity contribution in [3.05, 3.63) is 29.3 Å². The Kier molecular flexibility index (Phi) is 6.20. The Labute approximate surface area is 139 Å². The fraction of sp³-hybridized carbons (Fsp3) is 0.579. The van der Waals surface area contributed by atoms with Gasteiger partial charge in [0.05, 0.1) is 0 Å². The molecule has 1 amide bonds. The van der Waals surface area contributed by atoms with Crippen molar-refractivity contribution >= 4 is 11.6 Å². The van der Waals surface area contributed by atoms with Crippen LogP contribution in [0.1, 0.15) is 63.5 Å². The van der Waals surface area contributed by atoms with E-state index < -0.39 is 0 Å². The Balaban J connectivity index is 1.91. The minimum Gasteiger partial charge on any atom is -0.483 e. The van der Waals surface area contributed by atoms with Gasteiger partial charge in [-0.15, -0.1) is 0 Å². The van der Waals surface area contributed by atoms with Crippen molar-refractivity contribution in [2.24, 2.45) is 11.0 Å². The molecule has 0 saturated heterocycles. The number of aryl methyl sites for hydroxylation is 1. The molecule has 0 aliphatic heterocycles. The van der Waals surface area contributed by atoms with Gasteiger partial charge in [0, 0.05) is 5.71 Å². The van der Waals surface area contributed by atoms with Gasteiger partial charge in [-0.2, -0.15) is 5.10 Å². The normalized spacial score (nSPS) is 19.9. The van der Waals surface area contributed by atoms with Gasteiger partial charge in [0.25, 0.3) is 5.91 Å². The molecule has 126 valence electrons. The number of hydrogen-bond acceptors (Lipinski definition) is 3. The van der Waals surface area contributed by atoms with Crippen LogP contribution in [0, 0.1) is 12.8 Å². The monoisotopic (exact) mass is 316 g/mol. The second-order valence-electron chi connectivity index (χ2n) is 6.77. The summed E-state index contributed by atoms with van der Waals surface area (Å²) in [6, 6.07) is 6.05. The molecular formula is C19H28N2O2. The average molecular weight is 316 g/mol. The van der Waals surface area contributed by atoms with E-state index in [1.807, 2.05) is 12.1 Å². The van der Waals surface area contributed by atoms with Crippen molar-refractivity contribution in [2.75, 3.05) is 6.61 Å². The number of carbonyl (C=O) groups excluding carboxylic acids is 1. The highest BCUT2D eigenvalue weighted by atomic mass is 16.5. The molecule has 1 aromatic rings. The number of rotatable bonds is 5. The van der Waals surface area contributed by atoms with Crippen LogP contribution in [-0.2, 0) is 4.79 Å². The molecule has 0 radical (unpaired) electrons. The largest absolute Gasteiger partial charge is 0.483 e. The fourth-order valence-electron chi connectivity index (χ4n) is 2.90. The fourth-order valence-corrected chi connectivity index (χ4v) is 2.90. The third-order valence-electron chi connectivity index (χ3n) is 4.36. The van der Waals surface area contributed by atoms with E-state index >= 15 is 0 Å².